The molecule has 1 aliphatic rings. The number of piperidine rings is 1. The molecule has 1 saturated heterocycles. The van der Waals surface area contributed by atoms with Crippen LogP contribution in [0.2, 0.25) is 0 Å². The van der Waals surface area contributed by atoms with Crippen LogP contribution in [0.1, 0.15) is 23.4 Å². The zero-order valence-corrected chi connectivity index (χ0v) is 19.1. The van der Waals surface area contributed by atoms with Gasteiger partial charge in [-0.2, -0.15) is 0 Å². The number of carbonyl (C=O) groups excluding carboxylic acids is 2. The molecule has 0 spiro atoms. The first-order chi connectivity index (χ1) is 16.5. The third kappa shape index (κ3) is 5.82. The Hall–Kier alpha value is -3.38. The van der Waals surface area contributed by atoms with E-state index in [0.29, 0.717) is 23.8 Å². The molecule has 1 fully saturated rings. The molecule has 35 heavy (non-hydrogen) atoms. The van der Waals surface area contributed by atoms with Crippen molar-refractivity contribution < 1.29 is 40.3 Å². The van der Waals surface area contributed by atoms with Gasteiger partial charge in [0, 0.05) is 25.0 Å². The quantitative estimate of drug-likeness (QED) is 0.384. The molecule has 0 bridgehead atoms. The Balaban J connectivity index is 1.33. The normalized spacial score (nSPS) is 15.3. The topological polar surface area (TPSA) is 106 Å². The van der Waals surface area contributed by atoms with Gasteiger partial charge >= 0.3 is 6.36 Å². The number of nitrogens with one attached hydrogen (secondary N) is 1. The second kappa shape index (κ2) is 9.70. The molecule has 1 N–H and O–H groups in total. The van der Waals surface area contributed by atoms with Gasteiger partial charge in [-0.05, 0) is 43.0 Å². The van der Waals surface area contributed by atoms with Crippen LogP contribution in [0.15, 0.2) is 63.9 Å². The van der Waals surface area contributed by atoms with Crippen LogP contribution in [0.5, 0.6) is 5.75 Å². The van der Waals surface area contributed by atoms with Crippen molar-refractivity contribution in [1.29, 1.82) is 0 Å². The maximum Gasteiger partial charge on any atom is 0.573 e. The maximum atomic E-state index is 12.6. The summed E-state index contributed by atoms with van der Waals surface area (Å²) in [6.07, 6.45) is -4.23. The SMILES string of the molecule is O=C(C(=O)N1CCC(CNS(=O)(=O)c2ccccc2OC(F)(F)F)CC1)c1cc2ccccc2o1. The van der Waals surface area contributed by atoms with Crippen molar-refractivity contribution in [2.45, 2.75) is 24.1 Å². The minimum atomic E-state index is -5.04. The molecule has 4 rings (SSSR count). The monoisotopic (exact) mass is 510 g/mol. The van der Waals surface area contributed by atoms with Gasteiger partial charge < -0.3 is 14.1 Å². The van der Waals surface area contributed by atoms with Gasteiger partial charge in [0.15, 0.2) is 5.76 Å². The third-order valence-electron chi connectivity index (χ3n) is 5.67. The second-order valence-corrected chi connectivity index (χ2v) is 9.79. The van der Waals surface area contributed by atoms with Gasteiger partial charge in [0.1, 0.15) is 16.2 Å². The zero-order chi connectivity index (χ0) is 25.2. The van der Waals surface area contributed by atoms with Crippen LogP contribution >= 0.6 is 0 Å². The van der Waals surface area contributed by atoms with Crippen molar-refractivity contribution in [2.24, 2.45) is 5.92 Å². The lowest BCUT2D eigenvalue weighted by atomic mass is 9.97. The van der Waals surface area contributed by atoms with E-state index in [-0.39, 0.29) is 31.3 Å². The molecule has 1 aliphatic heterocycles. The minimum Gasteiger partial charge on any atom is -0.452 e. The molecular formula is C23H21F3N2O6S. The number of likely N-dealkylation sites (tertiary alicyclic amines) is 1. The molecule has 0 saturated carbocycles. The zero-order valence-electron chi connectivity index (χ0n) is 18.2. The summed E-state index contributed by atoms with van der Waals surface area (Å²) in [7, 11) is -4.28. The van der Waals surface area contributed by atoms with Gasteiger partial charge in [0.25, 0.3) is 11.7 Å². The molecule has 8 nitrogen and oxygen atoms in total. The first kappa shape index (κ1) is 24.7. The largest absolute Gasteiger partial charge is 0.573 e. The van der Waals surface area contributed by atoms with E-state index in [1.807, 2.05) is 0 Å². The lowest BCUT2D eigenvalue weighted by molar-refractivity contribution is -0.275. The number of para-hydroxylation sites is 2. The number of benzene rings is 2. The number of alkyl halides is 3. The molecule has 0 radical (unpaired) electrons. The van der Waals surface area contributed by atoms with E-state index in [1.54, 1.807) is 24.3 Å². The van der Waals surface area contributed by atoms with Crippen LogP contribution < -0.4 is 9.46 Å². The van der Waals surface area contributed by atoms with Crippen molar-refractivity contribution in [3.05, 3.63) is 60.4 Å². The van der Waals surface area contributed by atoms with E-state index in [2.05, 4.69) is 9.46 Å². The number of nitrogens with zero attached hydrogens (tertiary/aromatic N) is 1. The highest BCUT2D eigenvalue weighted by atomic mass is 32.2. The Kier molecular flexibility index (Phi) is 6.86. The molecule has 0 atom stereocenters. The number of amides is 1. The maximum absolute atomic E-state index is 12.6. The number of furan rings is 1. The summed E-state index contributed by atoms with van der Waals surface area (Å²) >= 11 is 0. The number of sulfonamides is 1. The first-order valence-corrected chi connectivity index (χ1v) is 12.2. The van der Waals surface area contributed by atoms with Crippen LogP contribution in [0, 0.1) is 5.92 Å². The number of rotatable bonds is 7. The summed E-state index contributed by atoms with van der Waals surface area (Å²) in [4.78, 5) is 26.0. The second-order valence-electron chi connectivity index (χ2n) is 8.06. The molecule has 2 aromatic carbocycles. The molecule has 0 aliphatic carbocycles. The highest BCUT2D eigenvalue weighted by molar-refractivity contribution is 7.89. The van der Waals surface area contributed by atoms with Crippen LogP contribution in [0.4, 0.5) is 13.2 Å². The van der Waals surface area contributed by atoms with Crippen LogP contribution in [-0.2, 0) is 14.8 Å². The number of halogens is 3. The first-order valence-electron chi connectivity index (χ1n) is 10.7. The van der Waals surface area contributed by atoms with Crippen molar-refractivity contribution in [2.75, 3.05) is 19.6 Å². The molecule has 186 valence electrons. The molecule has 1 amide bonds. The Morgan fingerprint density at radius 2 is 1.71 bits per heavy atom. The predicted molar refractivity (Wildman–Crippen MR) is 118 cm³/mol. The third-order valence-corrected chi connectivity index (χ3v) is 7.13. The lowest BCUT2D eigenvalue weighted by Crippen LogP contribution is -2.44. The van der Waals surface area contributed by atoms with Gasteiger partial charge in [0.05, 0.1) is 0 Å². The van der Waals surface area contributed by atoms with E-state index in [0.717, 1.165) is 12.1 Å². The van der Waals surface area contributed by atoms with Crippen molar-refractivity contribution in [1.82, 2.24) is 9.62 Å². The fourth-order valence-electron chi connectivity index (χ4n) is 3.87. The van der Waals surface area contributed by atoms with E-state index < -0.39 is 38.7 Å². The number of Topliss-reactive ketones (excluding diaryl/α,β-unsaturated/α-hetero) is 1. The Morgan fingerprint density at radius 1 is 1.06 bits per heavy atom. The molecule has 2 heterocycles. The number of carbonyl (C=O) groups is 2. The smallest absolute Gasteiger partial charge is 0.452 e. The molecular weight excluding hydrogens is 489 g/mol. The Morgan fingerprint density at radius 3 is 2.40 bits per heavy atom. The Bertz CT molecular complexity index is 1310. The number of hydrogen-bond donors (Lipinski definition) is 1. The summed E-state index contributed by atoms with van der Waals surface area (Å²) in [6.45, 7) is 0.415. The predicted octanol–water partition coefficient (Wildman–Crippen LogP) is 3.73. The molecule has 0 unspecified atom stereocenters. The van der Waals surface area contributed by atoms with E-state index in [1.165, 1.54) is 23.1 Å². The lowest BCUT2D eigenvalue weighted by Gasteiger charge is -2.31. The van der Waals surface area contributed by atoms with Crippen LogP contribution in [0.3, 0.4) is 0 Å². The van der Waals surface area contributed by atoms with E-state index >= 15 is 0 Å². The highest BCUT2D eigenvalue weighted by Crippen LogP contribution is 2.29. The summed E-state index contributed by atoms with van der Waals surface area (Å²) < 4.78 is 74.6. The average Bonchev–Trinajstić information content (AvgIpc) is 3.26. The number of fused-ring (bicyclic) bond motifs is 1. The fraction of sp³-hybridized carbons (Fsp3) is 0.304. The average molecular weight is 510 g/mol. The Labute approximate surface area is 198 Å². The molecule has 12 heteroatoms. The van der Waals surface area contributed by atoms with Crippen molar-refractivity contribution >= 4 is 32.7 Å². The van der Waals surface area contributed by atoms with E-state index in [9.17, 15) is 31.2 Å². The van der Waals surface area contributed by atoms with Crippen LogP contribution in [0.25, 0.3) is 11.0 Å². The number of hydrogen-bond acceptors (Lipinski definition) is 6. The van der Waals surface area contributed by atoms with Gasteiger partial charge in [-0.25, -0.2) is 13.1 Å². The van der Waals surface area contributed by atoms with Crippen LogP contribution in [-0.4, -0.2) is 51.0 Å². The summed E-state index contributed by atoms with van der Waals surface area (Å²) in [6, 6.07) is 13.0. The standard InChI is InChI=1S/C23H21F3N2O6S/c24-23(25,26)34-18-7-3-4-8-20(18)35(31,32)27-14-15-9-11-28(12-10-15)22(30)21(29)19-13-16-5-1-2-6-17(16)33-19/h1-8,13,15,27H,9-12,14H2. The summed E-state index contributed by atoms with van der Waals surface area (Å²) in [5, 5.41) is 0.705. The van der Waals surface area contributed by atoms with Gasteiger partial charge in [-0.15, -0.1) is 13.2 Å². The molecule has 1 aromatic heterocycles. The summed E-state index contributed by atoms with van der Waals surface area (Å²) in [5.41, 5.74) is 0.497. The van der Waals surface area contributed by atoms with Crippen molar-refractivity contribution in [3.8, 4) is 5.75 Å². The highest BCUT2D eigenvalue weighted by Gasteiger charge is 2.34. The van der Waals surface area contributed by atoms with Crippen molar-refractivity contribution in [3.63, 3.8) is 0 Å². The van der Waals surface area contributed by atoms with E-state index in [4.69, 9.17) is 4.42 Å². The summed E-state index contributed by atoms with van der Waals surface area (Å²) in [5.74, 6) is -2.52. The number of ketones is 1. The fourth-order valence-corrected chi connectivity index (χ4v) is 5.11. The van der Waals surface area contributed by atoms with Gasteiger partial charge in [-0.1, -0.05) is 30.3 Å². The molecule has 3 aromatic rings. The number of ether oxygens (including phenoxy) is 1. The van der Waals surface area contributed by atoms with Gasteiger partial charge in [-0.3, -0.25) is 9.59 Å². The van der Waals surface area contributed by atoms with Gasteiger partial charge in [0.2, 0.25) is 10.0 Å². The minimum absolute atomic E-state index is 0.0394.